The van der Waals surface area contributed by atoms with Crippen LogP contribution in [-0.4, -0.2) is 66.8 Å². The Kier molecular flexibility index (Phi) is 5.32. The molecule has 34 heavy (non-hydrogen) atoms. The zero-order valence-corrected chi connectivity index (χ0v) is 21.4. The Balaban J connectivity index is 1.22. The first-order valence-corrected chi connectivity index (χ1v) is 14.8. The lowest BCUT2D eigenvalue weighted by molar-refractivity contribution is -0.0682. The van der Waals surface area contributed by atoms with Crippen molar-refractivity contribution in [1.29, 1.82) is 0 Å². The number of amides is 2. The summed E-state index contributed by atoms with van der Waals surface area (Å²) in [6.45, 7) is 7.50. The SMILES string of the molecule is C[C@@]12CCCN1C(CS(=O)(=O)NC(=O)Nc1c3c(cc4c1CCC4)CCC3)[C@@]1(C)CCCN1C2. The molecule has 1 unspecified atom stereocenters. The van der Waals surface area contributed by atoms with Crippen molar-refractivity contribution < 1.29 is 13.2 Å². The van der Waals surface area contributed by atoms with Crippen molar-refractivity contribution in [2.75, 3.05) is 30.7 Å². The van der Waals surface area contributed by atoms with Gasteiger partial charge in [-0.2, -0.15) is 0 Å². The van der Waals surface area contributed by atoms with Crippen molar-refractivity contribution >= 4 is 21.7 Å². The van der Waals surface area contributed by atoms with Gasteiger partial charge < -0.3 is 5.32 Å². The number of aryl methyl sites for hydroxylation is 2. The maximum Gasteiger partial charge on any atom is 0.332 e. The van der Waals surface area contributed by atoms with E-state index >= 15 is 0 Å². The van der Waals surface area contributed by atoms with E-state index in [1.165, 1.54) is 22.3 Å². The van der Waals surface area contributed by atoms with Gasteiger partial charge in [0, 0.05) is 29.4 Å². The van der Waals surface area contributed by atoms with Crippen molar-refractivity contribution in [2.45, 2.75) is 95.2 Å². The van der Waals surface area contributed by atoms with Crippen molar-refractivity contribution in [3.05, 3.63) is 28.3 Å². The molecule has 3 aliphatic heterocycles. The van der Waals surface area contributed by atoms with Crippen LogP contribution < -0.4 is 10.0 Å². The normalized spacial score (nSPS) is 32.8. The van der Waals surface area contributed by atoms with Crippen molar-refractivity contribution in [3.8, 4) is 0 Å². The van der Waals surface area contributed by atoms with Crippen LogP contribution >= 0.6 is 0 Å². The first-order chi connectivity index (χ1) is 16.2. The Morgan fingerprint density at radius 3 is 2.38 bits per heavy atom. The molecule has 0 saturated carbocycles. The van der Waals surface area contributed by atoms with Gasteiger partial charge in [0.2, 0.25) is 10.0 Å². The smallest absolute Gasteiger partial charge is 0.307 e. The summed E-state index contributed by atoms with van der Waals surface area (Å²) in [5.41, 5.74) is 5.82. The number of urea groups is 1. The Morgan fingerprint density at radius 2 is 1.68 bits per heavy atom. The van der Waals surface area contributed by atoms with Gasteiger partial charge in [-0.25, -0.2) is 17.9 Å². The second-order valence-corrected chi connectivity index (χ2v) is 13.5. The number of nitrogens with one attached hydrogen (secondary N) is 2. The summed E-state index contributed by atoms with van der Waals surface area (Å²) in [6, 6.07) is 1.60. The Morgan fingerprint density at radius 1 is 1.00 bits per heavy atom. The van der Waals surface area contributed by atoms with E-state index in [1.54, 1.807) is 0 Å². The van der Waals surface area contributed by atoms with Crippen molar-refractivity contribution in [2.24, 2.45) is 0 Å². The summed E-state index contributed by atoms with van der Waals surface area (Å²) in [7, 11) is -3.80. The number of nitrogens with zero attached hydrogens (tertiary/aromatic N) is 2. The molecule has 7 nitrogen and oxygen atoms in total. The monoisotopic (exact) mass is 486 g/mol. The second kappa shape index (κ2) is 7.93. The van der Waals surface area contributed by atoms with E-state index in [2.05, 4.69) is 39.8 Å². The maximum atomic E-state index is 13.4. The summed E-state index contributed by atoms with van der Waals surface area (Å²) >= 11 is 0. The minimum Gasteiger partial charge on any atom is -0.307 e. The number of hydrogen-bond donors (Lipinski definition) is 2. The van der Waals surface area contributed by atoms with Gasteiger partial charge in [0.15, 0.2) is 0 Å². The van der Waals surface area contributed by atoms with E-state index in [9.17, 15) is 13.2 Å². The molecule has 2 N–H and O–H groups in total. The Bertz CT molecular complexity index is 1100. The van der Waals surface area contributed by atoms with Gasteiger partial charge in [-0.15, -0.1) is 0 Å². The van der Waals surface area contributed by atoms with Crippen molar-refractivity contribution in [1.82, 2.24) is 14.5 Å². The third-order valence-electron chi connectivity index (χ3n) is 9.60. The lowest BCUT2D eigenvalue weighted by Gasteiger charge is -2.57. The molecule has 0 spiro atoms. The van der Waals surface area contributed by atoms with Crippen LogP contribution in [0.2, 0.25) is 0 Å². The Labute approximate surface area is 203 Å². The van der Waals surface area contributed by atoms with Crippen LogP contribution in [0.25, 0.3) is 0 Å². The number of hydrogen-bond acceptors (Lipinski definition) is 5. The molecule has 3 atom stereocenters. The molecule has 2 aliphatic carbocycles. The minimum absolute atomic E-state index is 0.0252. The third kappa shape index (κ3) is 3.59. The zero-order chi connectivity index (χ0) is 23.7. The quantitative estimate of drug-likeness (QED) is 0.683. The number of benzene rings is 1. The molecule has 3 fully saturated rings. The minimum atomic E-state index is -3.80. The number of carbonyl (C=O) groups is 1. The van der Waals surface area contributed by atoms with Gasteiger partial charge in [0.05, 0.1) is 5.75 Å². The summed E-state index contributed by atoms with van der Waals surface area (Å²) in [5, 5.41) is 2.99. The number of rotatable bonds is 4. The lowest BCUT2D eigenvalue weighted by Crippen LogP contribution is -2.72. The number of sulfonamides is 1. The first kappa shape index (κ1) is 22.8. The van der Waals surface area contributed by atoms with Crippen LogP contribution in [0, 0.1) is 0 Å². The van der Waals surface area contributed by atoms with Gasteiger partial charge in [-0.05, 0) is 113 Å². The highest BCUT2D eigenvalue weighted by Gasteiger charge is 2.58. The van der Waals surface area contributed by atoms with Crippen LogP contribution in [0.15, 0.2) is 6.07 Å². The summed E-state index contributed by atoms with van der Waals surface area (Å²) in [6.07, 6.45) is 10.5. The van der Waals surface area contributed by atoms with E-state index in [0.29, 0.717) is 0 Å². The van der Waals surface area contributed by atoms with Crippen LogP contribution in [0.3, 0.4) is 0 Å². The standard InChI is InChI=1S/C26H38N4O3S/c1-25-11-5-14-30(25)22(26(2)12-6-13-29(26)17-25)16-34(32,33)28-24(31)27-23-20-9-3-7-18(20)15-19-8-4-10-21(19)23/h15,22H,3-14,16-17H2,1-2H3,(H2,27,28,31)/t22?,25-,26+/m0/s1. The molecule has 1 aromatic rings. The van der Waals surface area contributed by atoms with E-state index < -0.39 is 16.1 Å². The van der Waals surface area contributed by atoms with E-state index in [0.717, 1.165) is 89.5 Å². The fraction of sp³-hybridized carbons (Fsp3) is 0.731. The largest absolute Gasteiger partial charge is 0.332 e. The van der Waals surface area contributed by atoms with E-state index in [1.807, 2.05) is 0 Å². The van der Waals surface area contributed by atoms with Crippen molar-refractivity contribution in [3.63, 3.8) is 0 Å². The molecule has 6 rings (SSSR count). The number of piperazine rings is 1. The predicted octanol–water partition coefficient (Wildman–Crippen LogP) is 3.21. The molecule has 2 amide bonds. The number of carbonyl (C=O) groups excluding carboxylic acids is 1. The molecular weight excluding hydrogens is 448 g/mol. The highest BCUT2D eigenvalue weighted by Crippen LogP contribution is 2.47. The maximum absolute atomic E-state index is 13.4. The van der Waals surface area contributed by atoms with Gasteiger partial charge in [-0.3, -0.25) is 9.80 Å². The van der Waals surface area contributed by atoms with Gasteiger partial charge in [0.25, 0.3) is 0 Å². The highest BCUT2D eigenvalue weighted by molar-refractivity contribution is 7.90. The van der Waals surface area contributed by atoms with E-state index in [-0.39, 0.29) is 22.9 Å². The average Bonchev–Trinajstić information content (AvgIpc) is 3.53. The molecule has 186 valence electrons. The topological polar surface area (TPSA) is 81.8 Å². The molecule has 1 aromatic carbocycles. The lowest BCUT2D eigenvalue weighted by atomic mass is 9.81. The molecule has 0 aromatic heterocycles. The fourth-order valence-electron chi connectivity index (χ4n) is 7.94. The van der Waals surface area contributed by atoms with Gasteiger partial charge in [0.1, 0.15) is 0 Å². The fourth-order valence-corrected chi connectivity index (χ4v) is 9.31. The highest BCUT2D eigenvalue weighted by atomic mass is 32.2. The van der Waals surface area contributed by atoms with E-state index in [4.69, 9.17) is 0 Å². The second-order valence-electron chi connectivity index (χ2n) is 11.8. The van der Waals surface area contributed by atoms with Gasteiger partial charge >= 0.3 is 6.03 Å². The van der Waals surface area contributed by atoms with Crippen LogP contribution in [0.5, 0.6) is 0 Å². The van der Waals surface area contributed by atoms with Crippen LogP contribution in [-0.2, 0) is 35.7 Å². The number of fused-ring (bicyclic) bond motifs is 4. The molecule has 8 heteroatoms. The molecule has 5 aliphatic rings. The molecule has 3 saturated heterocycles. The summed E-state index contributed by atoms with van der Waals surface area (Å²) in [4.78, 5) is 18.0. The first-order valence-electron chi connectivity index (χ1n) is 13.2. The average molecular weight is 487 g/mol. The summed E-state index contributed by atoms with van der Waals surface area (Å²) in [5.74, 6) is -0.0337. The molecule has 0 bridgehead atoms. The predicted molar refractivity (Wildman–Crippen MR) is 134 cm³/mol. The van der Waals surface area contributed by atoms with Crippen LogP contribution in [0.1, 0.15) is 74.6 Å². The molecule has 3 heterocycles. The zero-order valence-electron chi connectivity index (χ0n) is 20.6. The van der Waals surface area contributed by atoms with Crippen LogP contribution in [0.4, 0.5) is 10.5 Å². The molecule has 0 radical (unpaired) electrons. The van der Waals surface area contributed by atoms with Gasteiger partial charge in [-0.1, -0.05) is 6.07 Å². The summed E-state index contributed by atoms with van der Waals surface area (Å²) < 4.78 is 29.1. The number of anilines is 1. The third-order valence-corrected chi connectivity index (χ3v) is 10.9. The Hall–Kier alpha value is -1.64. The molecular formula is C26H38N4O3S.